The van der Waals surface area contributed by atoms with Crippen molar-refractivity contribution in [3.8, 4) is 0 Å². The first-order chi connectivity index (χ1) is 8.74. The van der Waals surface area contributed by atoms with E-state index < -0.39 is 0 Å². The minimum atomic E-state index is 0.0943. The molecule has 2 rings (SSSR count). The molecule has 3 nitrogen and oxygen atoms in total. The number of hydrogen-bond acceptors (Lipinski definition) is 2. The summed E-state index contributed by atoms with van der Waals surface area (Å²) in [6, 6.07) is 10.6. The van der Waals surface area contributed by atoms with Gasteiger partial charge in [0.15, 0.2) is 0 Å². The van der Waals surface area contributed by atoms with Gasteiger partial charge in [0.05, 0.1) is 6.54 Å². The Kier molecular flexibility index (Phi) is 4.37. The van der Waals surface area contributed by atoms with Crippen LogP contribution in [0.4, 0.5) is 0 Å². The maximum absolute atomic E-state index is 11.5. The van der Waals surface area contributed by atoms with E-state index in [2.05, 4.69) is 34.9 Å². The quantitative estimate of drug-likeness (QED) is 0.802. The zero-order valence-electron chi connectivity index (χ0n) is 11.0. The van der Waals surface area contributed by atoms with Gasteiger partial charge in [0.1, 0.15) is 0 Å². The third kappa shape index (κ3) is 3.33. The van der Waals surface area contributed by atoms with Crippen LogP contribution in [-0.4, -0.2) is 26.0 Å². The number of rotatable bonds is 6. The lowest BCUT2D eigenvalue weighted by Crippen LogP contribution is -2.45. The van der Waals surface area contributed by atoms with Gasteiger partial charge in [0, 0.05) is 6.54 Å². The van der Waals surface area contributed by atoms with Gasteiger partial charge in [-0.25, -0.2) is 0 Å². The molecule has 0 bridgehead atoms. The fourth-order valence-electron chi connectivity index (χ4n) is 2.63. The lowest BCUT2D eigenvalue weighted by molar-refractivity contribution is -0.121. The van der Waals surface area contributed by atoms with Gasteiger partial charge in [-0.05, 0) is 37.3 Å². The van der Waals surface area contributed by atoms with E-state index in [4.69, 9.17) is 0 Å². The standard InChI is InChI=1S/C15H22N2O/c1-16-11-14(18)17-12-15(8-5-9-15)10-13-6-3-2-4-7-13/h2-4,6-7,16H,5,8-12H2,1H3,(H,17,18). The van der Waals surface area contributed by atoms with Crippen molar-refractivity contribution in [3.63, 3.8) is 0 Å². The first kappa shape index (κ1) is 13.1. The van der Waals surface area contributed by atoms with Crippen LogP contribution < -0.4 is 10.6 Å². The Hall–Kier alpha value is -1.35. The Labute approximate surface area is 109 Å². The Balaban J connectivity index is 1.88. The molecular weight excluding hydrogens is 224 g/mol. The fourth-order valence-corrected chi connectivity index (χ4v) is 2.63. The second kappa shape index (κ2) is 6.01. The molecule has 1 amide bonds. The van der Waals surface area contributed by atoms with E-state index in [0.29, 0.717) is 12.0 Å². The molecule has 1 fully saturated rings. The van der Waals surface area contributed by atoms with Crippen molar-refractivity contribution < 1.29 is 4.79 Å². The summed E-state index contributed by atoms with van der Waals surface area (Å²) >= 11 is 0. The molecule has 0 spiro atoms. The van der Waals surface area contributed by atoms with Crippen LogP contribution in [-0.2, 0) is 11.2 Å². The van der Waals surface area contributed by atoms with Gasteiger partial charge >= 0.3 is 0 Å². The summed E-state index contributed by atoms with van der Waals surface area (Å²) < 4.78 is 0. The summed E-state index contributed by atoms with van der Waals surface area (Å²) in [5.41, 5.74) is 1.67. The first-order valence-corrected chi connectivity index (χ1v) is 6.69. The predicted molar refractivity (Wildman–Crippen MR) is 73.4 cm³/mol. The average Bonchev–Trinajstić information content (AvgIpc) is 2.34. The van der Waals surface area contributed by atoms with Crippen LogP contribution in [0.5, 0.6) is 0 Å². The van der Waals surface area contributed by atoms with Crippen molar-refractivity contribution in [1.82, 2.24) is 10.6 Å². The average molecular weight is 246 g/mol. The van der Waals surface area contributed by atoms with Gasteiger partial charge in [-0.1, -0.05) is 36.8 Å². The molecule has 18 heavy (non-hydrogen) atoms. The van der Waals surface area contributed by atoms with Crippen LogP contribution in [0.15, 0.2) is 30.3 Å². The van der Waals surface area contributed by atoms with E-state index >= 15 is 0 Å². The van der Waals surface area contributed by atoms with Crippen LogP contribution in [0.25, 0.3) is 0 Å². The molecular formula is C15H22N2O. The number of amides is 1. The van der Waals surface area contributed by atoms with Crippen molar-refractivity contribution in [2.24, 2.45) is 5.41 Å². The highest BCUT2D eigenvalue weighted by atomic mass is 16.1. The van der Waals surface area contributed by atoms with Crippen molar-refractivity contribution in [2.45, 2.75) is 25.7 Å². The number of hydrogen-bond donors (Lipinski definition) is 2. The highest BCUT2D eigenvalue weighted by Crippen LogP contribution is 2.43. The van der Waals surface area contributed by atoms with Gasteiger partial charge < -0.3 is 10.6 Å². The Morgan fingerprint density at radius 1 is 1.28 bits per heavy atom. The molecule has 0 atom stereocenters. The molecule has 2 N–H and O–H groups in total. The molecule has 0 unspecified atom stereocenters. The smallest absolute Gasteiger partial charge is 0.233 e. The topological polar surface area (TPSA) is 41.1 Å². The van der Waals surface area contributed by atoms with Crippen LogP contribution in [0.1, 0.15) is 24.8 Å². The molecule has 1 aliphatic carbocycles. The Bertz CT molecular complexity index is 385. The normalized spacial score (nSPS) is 16.9. The van der Waals surface area contributed by atoms with Crippen LogP contribution in [0.3, 0.4) is 0 Å². The summed E-state index contributed by atoms with van der Waals surface area (Å²) in [4.78, 5) is 11.5. The summed E-state index contributed by atoms with van der Waals surface area (Å²) in [6.07, 6.45) is 4.81. The predicted octanol–water partition coefficient (Wildman–Crippen LogP) is 1.73. The van der Waals surface area contributed by atoms with Gasteiger partial charge in [-0.15, -0.1) is 0 Å². The second-order valence-electron chi connectivity index (χ2n) is 5.32. The monoisotopic (exact) mass is 246 g/mol. The van der Waals surface area contributed by atoms with Crippen molar-refractivity contribution in [2.75, 3.05) is 20.1 Å². The zero-order valence-corrected chi connectivity index (χ0v) is 11.0. The molecule has 1 saturated carbocycles. The SMILES string of the molecule is CNCC(=O)NCC1(Cc2ccccc2)CCC1. The molecule has 0 aliphatic heterocycles. The van der Waals surface area contributed by atoms with Gasteiger partial charge in [0.2, 0.25) is 5.91 Å². The van der Waals surface area contributed by atoms with Gasteiger partial charge in [-0.2, -0.15) is 0 Å². The fraction of sp³-hybridized carbons (Fsp3) is 0.533. The molecule has 98 valence electrons. The number of nitrogens with one attached hydrogen (secondary N) is 2. The number of carbonyl (C=O) groups excluding carboxylic acids is 1. The molecule has 3 heteroatoms. The van der Waals surface area contributed by atoms with Crippen molar-refractivity contribution >= 4 is 5.91 Å². The lowest BCUT2D eigenvalue weighted by atomic mass is 9.65. The molecule has 0 radical (unpaired) electrons. The van der Waals surface area contributed by atoms with E-state index in [1.165, 1.54) is 24.8 Å². The minimum absolute atomic E-state index is 0.0943. The van der Waals surface area contributed by atoms with E-state index in [-0.39, 0.29) is 5.91 Å². The van der Waals surface area contributed by atoms with Crippen molar-refractivity contribution in [1.29, 1.82) is 0 Å². The lowest BCUT2D eigenvalue weighted by Gasteiger charge is -2.42. The van der Waals surface area contributed by atoms with Crippen LogP contribution in [0.2, 0.25) is 0 Å². The Morgan fingerprint density at radius 2 is 2.00 bits per heavy atom. The maximum atomic E-state index is 11.5. The van der Waals surface area contributed by atoms with E-state index in [9.17, 15) is 4.79 Å². The van der Waals surface area contributed by atoms with E-state index in [1.54, 1.807) is 7.05 Å². The van der Waals surface area contributed by atoms with Gasteiger partial charge in [0.25, 0.3) is 0 Å². The van der Waals surface area contributed by atoms with Crippen LogP contribution >= 0.6 is 0 Å². The zero-order chi connectivity index (χ0) is 12.8. The second-order valence-corrected chi connectivity index (χ2v) is 5.32. The van der Waals surface area contributed by atoms with Gasteiger partial charge in [-0.3, -0.25) is 4.79 Å². The van der Waals surface area contributed by atoms with Crippen LogP contribution in [0, 0.1) is 5.41 Å². The third-order valence-electron chi connectivity index (χ3n) is 3.83. The summed E-state index contributed by atoms with van der Waals surface area (Å²) in [5, 5.41) is 5.92. The summed E-state index contributed by atoms with van der Waals surface area (Å²) in [6.45, 7) is 1.21. The summed E-state index contributed by atoms with van der Waals surface area (Å²) in [5.74, 6) is 0.0943. The Morgan fingerprint density at radius 3 is 2.56 bits per heavy atom. The molecule has 1 aromatic rings. The largest absolute Gasteiger partial charge is 0.354 e. The number of benzene rings is 1. The summed E-state index contributed by atoms with van der Waals surface area (Å²) in [7, 11) is 1.79. The van der Waals surface area contributed by atoms with E-state index in [0.717, 1.165) is 13.0 Å². The molecule has 0 heterocycles. The number of likely N-dealkylation sites (N-methyl/N-ethyl adjacent to an activating group) is 1. The molecule has 0 aromatic heterocycles. The maximum Gasteiger partial charge on any atom is 0.233 e. The van der Waals surface area contributed by atoms with E-state index in [1.807, 2.05) is 6.07 Å². The minimum Gasteiger partial charge on any atom is -0.354 e. The third-order valence-corrected chi connectivity index (χ3v) is 3.83. The highest BCUT2D eigenvalue weighted by molar-refractivity contribution is 5.77. The highest BCUT2D eigenvalue weighted by Gasteiger charge is 2.37. The molecule has 1 aromatic carbocycles. The van der Waals surface area contributed by atoms with Crippen molar-refractivity contribution in [3.05, 3.63) is 35.9 Å². The molecule has 0 saturated heterocycles. The molecule has 1 aliphatic rings. The first-order valence-electron chi connectivity index (χ1n) is 6.69. The number of carbonyl (C=O) groups is 1.